The molecule has 1 N–H and O–H groups in total. The van der Waals surface area contributed by atoms with Crippen LogP contribution in [0.1, 0.15) is 39.5 Å². The molecule has 0 bridgehead atoms. The van der Waals surface area contributed by atoms with Crippen molar-refractivity contribution >= 4 is 28.2 Å². The molecule has 1 aliphatic rings. The van der Waals surface area contributed by atoms with Gasteiger partial charge in [-0.15, -0.1) is 0 Å². The molecular formula is C18H23ClN2. The molecule has 0 atom stereocenters. The first-order chi connectivity index (χ1) is 10.1. The second-order valence-electron chi connectivity index (χ2n) is 6.49. The number of benzene rings is 1. The Bertz CT molecular complexity index is 616. The van der Waals surface area contributed by atoms with Crippen molar-refractivity contribution in [3.63, 3.8) is 0 Å². The minimum absolute atomic E-state index is 0.561. The molecular weight excluding hydrogens is 280 g/mol. The number of pyridine rings is 1. The summed E-state index contributed by atoms with van der Waals surface area (Å²) >= 11 is 6.26. The van der Waals surface area contributed by atoms with Crippen LogP contribution in [0, 0.1) is 11.8 Å². The van der Waals surface area contributed by atoms with Crippen LogP contribution in [0.25, 0.3) is 10.9 Å². The highest BCUT2D eigenvalue weighted by atomic mass is 35.5. The minimum atomic E-state index is 0.561. The van der Waals surface area contributed by atoms with Crippen molar-refractivity contribution < 1.29 is 0 Å². The monoisotopic (exact) mass is 302 g/mol. The third kappa shape index (κ3) is 3.16. The third-order valence-corrected chi connectivity index (χ3v) is 5.12. The van der Waals surface area contributed by atoms with Crippen LogP contribution in [0.5, 0.6) is 0 Å². The molecule has 1 saturated carbocycles. The highest BCUT2D eigenvalue weighted by molar-refractivity contribution is 6.35. The normalized spacial score (nSPS) is 22.7. The summed E-state index contributed by atoms with van der Waals surface area (Å²) in [6, 6.07) is 8.56. The number of nitrogens with one attached hydrogen (secondary N) is 1. The topological polar surface area (TPSA) is 24.9 Å². The van der Waals surface area contributed by atoms with E-state index < -0.39 is 0 Å². The molecule has 0 unspecified atom stereocenters. The first-order valence-corrected chi connectivity index (χ1v) is 8.32. The largest absolute Gasteiger partial charge is 0.381 e. The number of hydrogen-bond donors (Lipinski definition) is 1. The second-order valence-corrected chi connectivity index (χ2v) is 6.90. The van der Waals surface area contributed by atoms with Gasteiger partial charge in [0.2, 0.25) is 0 Å². The van der Waals surface area contributed by atoms with Gasteiger partial charge in [-0.05, 0) is 61.8 Å². The SMILES string of the molecule is CC(C)C1CCC(Nc2ccc(Cl)c3cccnc23)CC1. The maximum absolute atomic E-state index is 6.26. The van der Waals surface area contributed by atoms with E-state index in [1.165, 1.54) is 25.7 Å². The van der Waals surface area contributed by atoms with Crippen molar-refractivity contribution in [2.75, 3.05) is 5.32 Å². The fourth-order valence-electron chi connectivity index (χ4n) is 3.40. The predicted molar refractivity (Wildman–Crippen MR) is 91.0 cm³/mol. The molecule has 1 aromatic carbocycles. The van der Waals surface area contributed by atoms with Crippen molar-refractivity contribution in [2.24, 2.45) is 11.8 Å². The lowest BCUT2D eigenvalue weighted by molar-refractivity contribution is 0.267. The van der Waals surface area contributed by atoms with Crippen molar-refractivity contribution in [3.8, 4) is 0 Å². The molecule has 1 aliphatic carbocycles. The van der Waals surface area contributed by atoms with Gasteiger partial charge in [0.1, 0.15) is 0 Å². The lowest BCUT2D eigenvalue weighted by Gasteiger charge is -2.32. The van der Waals surface area contributed by atoms with Crippen molar-refractivity contribution in [1.82, 2.24) is 4.98 Å². The van der Waals surface area contributed by atoms with E-state index in [0.717, 1.165) is 33.4 Å². The van der Waals surface area contributed by atoms with Crippen molar-refractivity contribution in [3.05, 3.63) is 35.5 Å². The molecule has 1 heterocycles. The molecule has 1 aromatic heterocycles. The Balaban J connectivity index is 1.76. The highest BCUT2D eigenvalue weighted by Gasteiger charge is 2.23. The van der Waals surface area contributed by atoms with Crippen LogP contribution in [-0.2, 0) is 0 Å². The molecule has 2 aromatic rings. The molecule has 2 nitrogen and oxygen atoms in total. The fraction of sp³-hybridized carbons (Fsp3) is 0.500. The molecule has 0 radical (unpaired) electrons. The Morgan fingerprint density at radius 1 is 1.14 bits per heavy atom. The van der Waals surface area contributed by atoms with E-state index in [-0.39, 0.29) is 0 Å². The first kappa shape index (κ1) is 14.6. The zero-order valence-corrected chi connectivity index (χ0v) is 13.5. The first-order valence-electron chi connectivity index (χ1n) is 7.95. The molecule has 3 rings (SSSR count). The lowest BCUT2D eigenvalue weighted by Crippen LogP contribution is -2.28. The number of anilines is 1. The van der Waals surface area contributed by atoms with Crippen LogP contribution in [-0.4, -0.2) is 11.0 Å². The average Bonchev–Trinajstić information content (AvgIpc) is 2.51. The summed E-state index contributed by atoms with van der Waals surface area (Å²) < 4.78 is 0. The summed E-state index contributed by atoms with van der Waals surface area (Å²) in [4.78, 5) is 4.50. The molecule has 1 fully saturated rings. The summed E-state index contributed by atoms with van der Waals surface area (Å²) in [6.45, 7) is 4.68. The van der Waals surface area contributed by atoms with E-state index in [2.05, 4.69) is 30.2 Å². The van der Waals surface area contributed by atoms with Gasteiger partial charge in [-0.3, -0.25) is 4.98 Å². The molecule has 0 aliphatic heterocycles. The molecule has 0 saturated heterocycles. The van der Waals surface area contributed by atoms with Crippen LogP contribution >= 0.6 is 11.6 Å². The summed E-state index contributed by atoms with van der Waals surface area (Å²) in [6.07, 6.45) is 6.99. The third-order valence-electron chi connectivity index (χ3n) is 4.79. The molecule has 0 spiro atoms. The lowest BCUT2D eigenvalue weighted by atomic mass is 9.79. The van der Waals surface area contributed by atoms with Crippen LogP contribution in [0.3, 0.4) is 0 Å². The van der Waals surface area contributed by atoms with Gasteiger partial charge in [0, 0.05) is 17.6 Å². The maximum atomic E-state index is 6.26. The number of fused-ring (bicyclic) bond motifs is 1. The fourth-order valence-corrected chi connectivity index (χ4v) is 3.62. The molecule has 21 heavy (non-hydrogen) atoms. The highest BCUT2D eigenvalue weighted by Crippen LogP contribution is 2.33. The zero-order chi connectivity index (χ0) is 14.8. The maximum Gasteiger partial charge on any atom is 0.0948 e. The number of nitrogens with zero attached hydrogens (tertiary/aromatic N) is 1. The number of aromatic nitrogens is 1. The molecule has 0 amide bonds. The van der Waals surface area contributed by atoms with Gasteiger partial charge in [-0.2, -0.15) is 0 Å². The van der Waals surface area contributed by atoms with Gasteiger partial charge in [-0.1, -0.05) is 25.4 Å². The zero-order valence-electron chi connectivity index (χ0n) is 12.8. The number of halogens is 1. The van der Waals surface area contributed by atoms with E-state index in [1.54, 1.807) is 0 Å². The summed E-state index contributed by atoms with van der Waals surface area (Å²) in [7, 11) is 0. The van der Waals surface area contributed by atoms with Gasteiger partial charge in [0.15, 0.2) is 0 Å². The van der Waals surface area contributed by atoms with Gasteiger partial charge >= 0.3 is 0 Å². The van der Waals surface area contributed by atoms with E-state index in [9.17, 15) is 0 Å². The van der Waals surface area contributed by atoms with Gasteiger partial charge in [0.05, 0.1) is 16.2 Å². The Hall–Kier alpha value is -1.28. The standard InChI is InChI=1S/C18H23ClN2/c1-12(2)13-5-7-14(8-6-13)21-17-10-9-16(19)15-4-3-11-20-18(15)17/h3-4,9-14,21H,5-8H2,1-2H3. The molecule has 3 heteroatoms. The summed E-state index contributed by atoms with van der Waals surface area (Å²) in [5, 5.41) is 5.49. The number of rotatable bonds is 3. The van der Waals surface area contributed by atoms with E-state index in [0.29, 0.717) is 6.04 Å². The molecule has 112 valence electrons. The minimum Gasteiger partial charge on any atom is -0.381 e. The van der Waals surface area contributed by atoms with Crippen molar-refractivity contribution in [1.29, 1.82) is 0 Å². The van der Waals surface area contributed by atoms with Crippen LogP contribution in [0.4, 0.5) is 5.69 Å². The average molecular weight is 303 g/mol. The van der Waals surface area contributed by atoms with E-state index in [4.69, 9.17) is 11.6 Å². The second kappa shape index (κ2) is 6.23. The van der Waals surface area contributed by atoms with Crippen molar-refractivity contribution in [2.45, 2.75) is 45.6 Å². The van der Waals surface area contributed by atoms with E-state index >= 15 is 0 Å². The predicted octanol–water partition coefficient (Wildman–Crippen LogP) is 5.51. The summed E-state index contributed by atoms with van der Waals surface area (Å²) in [5.74, 6) is 1.70. The van der Waals surface area contributed by atoms with E-state index in [1.807, 2.05) is 24.4 Å². The Morgan fingerprint density at radius 2 is 1.90 bits per heavy atom. The van der Waals surface area contributed by atoms with Gasteiger partial charge in [0.25, 0.3) is 0 Å². The van der Waals surface area contributed by atoms with Crippen LogP contribution in [0.2, 0.25) is 5.02 Å². The smallest absolute Gasteiger partial charge is 0.0948 e. The van der Waals surface area contributed by atoms with Gasteiger partial charge in [-0.25, -0.2) is 0 Å². The quantitative estimate of drug-likeness (QED) is 0.808. The Morgan fingerprint density at radius 3 is 2.62 bits per heavy atom. The van der Waals surface area contributed by atoms with Crippen LogP contribution < -0.4 is 5.32 Å². The van der Waals surface area contributed by atoms with Crippen LogP contribution in [0.15, 0.2) is 30.5 Å². The number of hydrogen-bond acceptors (Lipinski definition) is 2. The Kier molecular flexibility index (Phi) is 4.34. The Labute approximate surface area is 131 Å². The van der Waals surface area contributed by atoms with Gasteiger partial charge < -0.3 is 5.32 Å². The summed E-state index contributed by atoms with van der Waals surface area (Å²) in [5.41, 5.74) is 2.10.